The van der Waals surface area contributed by atoms with E-state index in [1.165, 1.54) is 0 Å². The van der Waals surface area contributed by atoms with E-state index in [1.807, 2.05) is 72.8 Å². The van der Waals surface area contributed by atoms with Crippen molar-refractivity contribution in [2.45, 2.75) is 13.5 Å². The fraction of sp³-hybridized carbons (Fsp3) is 0.0909. The Morgan fingerprint density at radius 3 is 2.38 bits per heavy atom. The van der Waals surface area contributed by atoms with E-state index in [0.29, 0.717) is 23.3 Å². The maximum atomic E-state index is 13.1. The smallest absolute Gasteiger partial charge is 0.266 e. The molecule has 0 saturated heterocycles. The number of nitrogens with zero attached hydrogens (tertiary/aromatic N) is 2. The molecule has 4 rings (SSSR count). The lowest BCUT2D eigenvalue weighted by molar-refractivity contribution is 0.839. The van der Waals surface area contributed by atoms with Gasteiger partial charge in [-0.1, -0.05) is 48.5 Å². The van der Waals surface area contributed by atoms with Gasteiger partial charge in [-0.3, -0.25) is 9.36 Å². The van der Waals surface area contributed by atoms with Crippen molar-refractivity contribution >= 4 is 16.6 Å². The predicted octanol–water partition coefficient (Wildman–Crippen LogP) is 4.31. The Balaban J connectivity index is 1.84. The Morgan fingerprint density at radius 1 is 0.885 bits per heavy atom. The number of para-hydroxylation sites is 3. The average molecular weight is 341 g/mol. The van der Waals surface area contributed by atoms with Crippen molar-refractivity contribution in [2.75, 3.05) is 5.32 Å². The quantitative estimate of drug-likeness (QED) is 0.602. The molecular formula is C22H19N3O. The van der Waals surface area contributed by atoms with Crippen molar-refractivity contribution in [1.29, 1.82) is 0 Å². The molecule has 0 spiro atoms. The number of hydrogen-bond donors (Lipinski definition) is 1. The second-order valence-corrected chi connectivity index (χ2v) is 6.19. The first-order valence-electron chi connectivity index (χ1n) is 8.59. The van der Waals surface area contributed by atoms with Gasteiger partial charge in [0.25, 0.3) is 5.56 Å². The van der Waals surface area contributed by atoms with E-state index < -0.39 is 0 Å². The number of aryl methyl sites for hydroxylation is 1. The average Bonchev–Trinajstić information content (AvgIpc) is 2.68. The van der Waals surface area contributed by atoms with Crippen LogP contribution in [0, 0.1) is 6.92 Å². The van der Waals surface area contributed by atoms with Gasteiger partial charge in [-0.15, -0.1) is 0 Å². The number of nitrogens with one attached hydrogen (secondary N) is 1. The highest BCUT2D eigenvalue weighted by Gasteiger charge is 2.12. The number of fused-ring (bicyclic) bond motifs is 1. The first kappa shape index (κ1) is 16.1. The van der Waals surface area contributed by atoms with E-state index in [0.717, 1.165) is 16.9 Å². The molecule has 0 bridgehead atoms. The normalized spacial score (nSPS) is 10.8. The lowest BCUT2D eigenvalue weighted by Gasteiger charge is -2.15. The molecule has 0 radical (unpaired) electrons. The zero-order valence-corrected chi connectivity index (χ0v) is 14.5. The molecule has 4 aromatic rings. The summed E-state index contributed by atoms with van der Waals surface area (Å²) < 4.78 is 1.69. The third kappa shape index (κ3) is 2.97. The van der Waals surface area contributed by atoms with E-state index in [1.54, 1.807) is 4.57 Å². The van der Waals surface area contributed by atoms with Crippen LogP contribution in [0.5, 0.6) is 0 Å². The van der Waals surface area contributed by atoms with Crippen LogP contribution >= 0.6 is 0 Å². The summed E-state index contributed by atoms with van der Waals surface area (Å²) in [7, 11) is 0. The van der Waals surface area contributed by atoms with Crippen LogP contribution in [0.15, 0.2) is 83.7 Å². The Labute approximate surface area is 151 Å². The highest BCUT2D eigenvalue weighted by molar-refractivity contribution is 5.77. The van der Waals surface area contributed by atoms with Crippen molar-refractivity contribution in [1.82, 2.24) is 9.55 Å². The van der Waals surface area contributed by atoms with E-state index in [9.17, 15) is 4.79 Å². The Hall–Kier alpha value is -3.40. The van der Waals surface area contributed by atoms with Crippen molar-refractivity contribution in [3.63, 3.8) is 0 Å². The summed E-state index contributed by atoms with van der Waals surface area (Å²) in [4.78, 5) is 17.9. The Morgan fingerprint density at radius 2 is 1.58 bits per heavy atom. The highest BCUT2D eigenvalue weighted by Crippen LogP contribution is 2.17. The SMILES string of the molecule is Cc1ccccc1NCc1nc2ccccc2c(=O)n1-c1ccccc1. The number of hydrogen-bond acceptors (Lipinski definition) is 3. The molecule has 0 aliphatic carbocycles. The topological polar surface area (TPSA) is 46.9 Å². The van der Waals surface area contributed by atoms with Gasteiger partial charge >= 0.3 is 0 Å². The Bertz CT molecular complexity index is 1120. The molecule has 1 aromatic heterocycles. The molecule has 0 fully saturated rings. The van der Waals surface area contributed by atoms with Gasteiger partial charge in [-0.05, 0) is 42.8 Å². The summed E-state index contributed by atoms with van der Waals surface area (Å²) >= 11 is 0. The zero-order valence-electron chi connectivity index (χ0n) is 14.5. The second kappa shape index (κ2) is 6.84. The van der Waals surface area contributed by atoms with Gasteiger partial charge in [-0.25, -0.2) is 4.98 Å². The summed E-state index contributed by atoms with van der Waals surface area (Å²) in [5, 5.41) is 4.03. The summed E-state index contributed by atoms with van der Waals surface area (Å²) in [6.45, 7) is 2.51. The second-order valence-electron chi connectivity index (χ2n) is 6.19. The number of anilines is 1. The molecule has 26 heavy (non-hydrogen) atoms. The zero-order chi connectivity index (χ0) is 17.9. The van der Waals surface area contributed by atoms with Crippen molar-refractivity contribution in [3.8, 4) is 5.69 Å². The Kier molecular flexibility index (Phi) is 4.23. The van der Waals surface area contributed by atoms with Crippen LogP contribution in [0.4, 0.5) is 5.69 Å². The van der Waals surface area contributed by atoms with E-state index in [2.05, 4.69) is 18.3 Å². The van der Waals surface area contributed by atoms with E-state index in [4.69, 9.17) is 4.98 Å². The molecule has 4 heteroatoms. The molecule has 0 unspecified atom stereocenters. The van der Waals surface area contributed by atoms with Crippen molar-refractivity contribution < 1.29 is 0 Å². The molecule has 0 saturated carbocycles. The minimum absolute atomic E-state index is 0.0524. The van der Waals surface area contributed by atoms with Crippen LogP contribution in [-0.2, 0) is 6.54 Å². The molecule has 4 nitrogen and oxygen atoms in total. The van der Waals surface area contributed by atoms with Gasteiger partial charge in [0.1, 0.15) is 5.82 Å². The van der Waals surface area contributed by atoms with Crippen LogP contribution < -0.4 is 10.9 Å². The fourth-order valence-corrected chi connectivity index (χ4v) is 3.09. The largest absolute Gasteiger partial charge is 0.378 e. The monoisotopic (exact) mass is 341 g/mol. The third-order valence-electron chi connectivity index (χ3n) is 4.44. The fourth-order valence-electron chi connectivity index (χ4n) is 3.09. The van der Waals surface area contributed by atoms with Crippen LogP contribution in [0.3, 0.4) is 0 Å². The molecule has 128 valence electrons. The van der Waals surface area contributed by atoms with E-state index in [-0.39, 0.29) is 5.56 Å². The molecule has 3 aromatic carbocycles. The van der Waals surface area contributed by atoms with Gasteiger partial charge in [-0.2, -0.15) is 0 Å². The van der Waals surface area contributed by atoms with Gasteiger partial charge in [0.15, 0.2) is 0 Å². The predicted molar refractivity (Wildman–Crippen MR) is 106 cm³/mol. The molecule has 1 heterocycles. The molecule has 0 atom stereocenters. The molecular weight excluding hydrogens is 322 g/mol. The maximum Gasteiger partial charge on any atom is 0.266 e. The lowest BCUT2D eigenvalue weighted by atomic mass is 10.2. The summed E-state index contributed by atoms with van der Waals surface area (Å²) in [5.41, 5.74) is 3.67. The van der Waals surface area contributed by atoms with Crippen molar-refractivity contribution in [3.05, 3.63) is 101 Å². The molecule has 0 amide bonds. The van der Waals surface area contributed by atoms with Gasteiger partial charge in [0.05, 0.1) is 23.1 Å². The molecule has 0 aliphatic heterocycles. The van der Waals surface area contributed by atoms with Crippen molar-refractivity contribution in [2.24, 2.45) is 0 Å². The van der Waals surface area contributed by atoms with Gasteiger partial charge in [0.2, 0.25) is 0 Å². The van der Waals surface area contributed by atoms with Crippen LogP contribution in [-0.4, -0.2) is 9.55 Å². The first-order valence-corrected chi connectivity index (χ1v) is 8.59. The third-order valence-corrected chi connectivity index (χ3v) is 4.44. The lowest BCUT2D eigenvalue weighted by Crippen LogP contribution is -2.25. The standard InChI is InChI=1S/C22H19N3O/c1-16-9-5-7-13-19(16)23-15-21-24-20-14-8-6-12-18(20)22(26)25(21)17-10-3-2-4-11-17/h2-14,23H,15H2,1H3. The first-order chi connectivity index (χ1) is 12.7. The summed E-state index contributed by atoms with van der Waals surface area (Å²) in [6.07, 6.45) is 0. The molecule has 0 aliphatic rings. The summed E-state index contributed by atoms with van der Waals surface area (Å²) in [6, 6.07) is 25.2. The van der Waals surface area contributed by atoms with Crippen LogP contribution in [0.25, 0.3) is 16.6 Å². The molecule has 1 N–H and O–H groups in total. The number of rotatable bonds is 4. The summed E-state index contributed by atoms with van der Waals surface area (Å²) in [5.74, 6) is 0.683. The number of benzene rings is 3. The minimum Gasteiger partial charge on any atom is -0.378 e. The van der Waals surface area contributed by atoms with Crippen LogP contribution in [0.1, 0.15) is 11.4 Å². The minimum atomic E-state index is -0.0524. The van der Waals surface area contributed by atoms with Gasteiger partial charge < -0.3 is 5.32 Å². The van der Waals surface area contributed by atoms with Gasteiger partial charge in [0, 0.05) is 5.69 Å². The van der Waals surface area contributed by atoms with Crippen LogP contribution in [0.2, 0.25) is 0 Å². The van der Waals surface area contributed by atoms with E-state index >= 15 is 0 Å². The highest BCUT2D eigenvalue weighted by atomic mass is 16.1. The number of aromatic nitrogens is 2. The maximum absolute atomic E-state index is 13.1.